The molecule has 0 bridgehead atoms. The number of halogens is 1. The van der Waals surface area contributed by atoms with Crippen molar-refractivity contribution in [2.45, 2.75) is 37.8 Å². The van der Waals surface area contributed by atoms with Crippen LogP contribution in [0.3, 0.4) is 0 Å². The van der Waals surface area contributed by atoms with Gasteiger partial charge in [0.15, 0.2) is 15.7 Å². The van der Waals surface area contributed by atoms with E-state index >= 15 is 0 Å². The van der Waals surface area contributed by atoms with Gasteiger partial charge in [0.1, 0.15) is 5.75 Å². The fourth-order valence-corrected chi connectivity index (χ4v) is 3.79. The molecule has 0 amide bonds. The first-order valence-electron chi connectivity index (χ1n) is 6.66. The van der Waals surface area contributed by atoms with Crippen molar-refractivity contribution >= 4 is 21.4 Å². The molecule has 0 spiro atoms. The third-order valence-corrected chi connectivity index (χ3v) is 5.59. The van der Waals surface area contributed by atoms with Gasteiger partial charge in [-0.25, -0.2) is 13.1 Å². The zero-order valence-corrected chi connectivity index (χ0v) is 13.5. The number of hydrogen-bond donors (Lipinski definition) is 0. The third kappa shape index (κ3) is 3.59. The average Bonchev–Trinajstić information content (AvgIpc) is 2.86. The molecule has 6 nitrogen and oxygen atoms in total. The van der Waals surface area contributed by atoms with E-state index in [0.717, 1.165) is 6.42 Å². The van der Waals surface area contributed by atoms with Crippen molar-refractivity contribution in [2.24, 2.45) is 0 Å². The van der Waals surface area contributed by atoms with Gasteiger partial charge in [0.05, 0.1) is 5.25 Å². The van der Waals surface area contributed by atoms with E-state index in [0.29, 0.717) is 23.0 Å². The fraction of sp³-hybridized carbons (Fsp3) is 0.462. The molecule has 0 radical (unpaired) electrons. The molecule has 0 aliphatic carbocycles. The van der Waals surface area contributed by atoms with Crippen molar-refractivity contribution in [2.75, 3.05) is 0 Å². The minimum Gasteiger partial charge on any atom is -0.229 e. The van der Waals surface area contributed by atoms with Gasteiger partial charge in [0.25, 0.3) is 0 Å². The number of aromatic nitrogens is 4. The van der Waals surface area contributed by atoms with E-state index in [4.69, 9.17) is 11.6 Å². The topological polar surface area (TPSA) is 77.7 Å². The molecule has 0 fully saturated rings. The lowest BCUT2D eigenvalue weighted by Gasteiger charge is -2.14. The Morgan fingerprint density at radius 2 is 2.05 bits per heavy atom. The summed E-state index contributed by atoms with van der Waals surface area (Å²) in [5.41, 5.74) is 0.591. The van der Waals surface area contributed by atoms with Crippen LogP contribution in [0.5, 0.6) is 0 Å². The molecule has 21 heavy (non-hydrogen) atoms. The van der Waals surface area contributed by atoms with Crippen LogP contribution in [-0.4, -0.2) is 28.6 Å². The van der Waals surface area contributed by atoms with Gasteiger partial charge in [-0.3, -0.25) is 0 Å². The molecule has 0 N–H and O–H groups in total. The van der Waals surface area contributed by atoms with Gasteiger partial charge in [0.2, 0.25) is 0 Å². The summed E-state index contributed by atoms with van der Waals surface area (Å²) >= 11 is 6.08. The average molecular weight is 329 g/mol. The Kier molecular flexibility index (Phi) is 4.95. The molecule has 0 aliphatic heterocycles. The van der Waals surface area contributed by atoms with Crippen molar-refractivity contribution in [1.82, 2.24) is 20.2 Å². The fourth-order valence-electron chi connectivity index (χ4n) is 2.02. The maximum atomic E-state index is 12.5. The van der Waals surface area contributed by atoms with Gasteiger partial charge in [-0.2, -0.15) is 0 Å². The lowest BCUT2D eigenvalue weighted by molar-refractivity contribution is 0.553. The van der Waals surface area contributed by atoms with Gasteiger partial charge in [-0.15, -0.1) is 5.10 Å². The second-order valence-corrected chi connectivity index (χ2v) is 7.52. The molecule has 8 heteroatoms. The van der Waals surface area contributed by atoms with E-state index in [1.807, 2.05) is 6.92 Å². The normalized spacial score (nSPS) is 13.3. The molecule has 1 aromatic heterocycles. The minimum atomic E-state index is -3.45. The monoisotopic (exact) mass is 328 g/mol. The predicted octanol–water partition coefficient (Wildman–Crippen LogP) is 2.41. The molecule has 1 heterocycles. The second-order valence-electron chi connectivity index (χ2n) is 4.79. The van der Waals surface area contributed by atoms with Gasteiger partial charge < -0.3 is 0 Å². The lowest BCUT2D eigenvalue weighted by atomic mass is 10.2. The SMILES string of the molecule is CCCn1nnnc1CS(=O)(=O)C(C)c1ccccc1Cl. The van der Waals surface area contributed by atoms with Crippen LogP contribution in [0.25, 0.3) is 0 Å². The first-order chi connectivity index (χ1) is 9.95. The zero-order valence-electron chi connectivity index (χ0n) is 11.9. The van der Waals surface area contributed by atoms with Gasteiger partial charge in [-0.1, -0.05) is 36.7 Å². The van der Waals surface area contributed by atoms with Crippen molar-refractivity contribution in [3.8, 4) is 0 Å². The number of benzene rings is 1. The second kappa shape index (κ2) is 6.53. The lowest BCUT2D eigenvalue weighted by Crippen LogP contribution is -2.17. The van der Waals surface area contributed by atoms with Crippen LogP contribution in [0.15, 0.2) is 24.3 Å². The first-order valence-corrected chi connectivity index (χ1v) is 8.76. The molecule has 0 saturated carbocycles. The Bertz CT molecular complexity index is 714. The Morgan fingerprint density at radius 3 is 2.71 bits per heavy atom. The van der Waals surface area contributed by atoms with E-state index in [-0.39, 0.29) is 5.75 Å². The third-order valence-electron chi connectivity index (χ3n) is 3.25. The van der Waals surface area contributed by atoms with Crippen LogP contribution in [0.2, 0.25) is 5.02 Å². The van der Waals surface area contributed by atoms with Crippen LogP contribution < -0.4 is 0 Å². The highest BCUT2D eigenvalue weighted by Crippen LogP contribution is 2.30. The number of nitrogens with zero attached hydrogens (tertiary/aromatic N) is 4. The molecule has 2 aromatic rings. The molecule has 0 saturated heterocycles. The molecular weight excluding hydrogens is 312 g/mol. The van der Waals surface area contributed by atoms with Crippen molar-refractivity contribution < 1.29 is 8.42 Å². The van der Waals surface area contributed by atoms with Gasteiger partial charge >= 0.3 is 0 Å². The first kappa shape index (κ1) is 15.9. The quantitative estimate of drug-likeness (QED) is 0.813. The Balaban J connectivity index is 2.26. The Morgan fingerprint density at radius 1 is 1.33 bits per heavy atom. The van der Waals surface area contributed by atoms with Crippen molar-refractivity contribution in [1.29, 1.82) is 0 Å². The number of tetrazole rings is 1. The van der Waals surface area contributed by atoms with Crippen LogP contribution in [0.1, 0.15) is 36.9 Å². The van der Waals surface area contributed by atoms with E-state index < -0.39 is 15.1 Å². The van der Waals surface area contributed by atoms with E-state index in [1.54, 1.807) is 31.2 Å². The van der Waals surface area contributed by atoms with Gasteiger partial charge in [-0.05, 0) is 35.4 Å². The molecule has 1 unspecified atom stereocenters. The molecule has 114 valence electrons. The maximum Gasteiger partial charge on any atom is 0.166 e. The summed E-state index contributed by atoms with van der Waals surface area (Å²) < 4.78 is 26.6. The summed E-state index contributed by atoms with van der Waals surface area (Å²) in [4.78, 5) is 0. The smallest absolute Gasteiger partial charge is 0.166 e. The summed E-state index contributed by atoms with van der Waals surface area (Å²) in [6.07, 6.45) is 0.832. The summed E-state index contributed by atoms with van der Waals surface area (Å²) in [6, 6.07) is 6.95. The van der Waals surface area contributed by atoms with E-state index in [2.05, 4.69) is 15.5 Å². The number of aryl methyl sites for hydroxylation is 1. The number of rotatable bonds is 6. The zero-order chi connectivity index (χ0) is 15.5. The predicted molar refractivity (Wildman–Crippen MR) is 80.6 cm³/mol. The summed E-state index contributed by atoms with van der Waals surface area (Å²) in [5, 5.41) is 10.9. The highest BCUT2D eigenvalue weighted by atomic mass is 35.5. The summed E-state index contributed by atoms with van der Waals surface area (Å²) in [7, 11) is -3.45. The number of sulfone groups is 1. The maximum absolute atomic E-state index is 12.5. The molecule has 0 aliphatic rings. The van der Waals surface area contributed by atoms with E-state index in [9.17, 15) is 8.42 Å². The highest BCUT2D eigenvalue weighted by Gasteiger charge is 2.27. The van der Waals surface area contributed by atoms with Crippen LogP contribution >= 0.6 is 11.6 Å². The molecule has 1 atom stereocenters. The highest BCUT2D eigenvalue weighted by molar-refractivity contribution is 7.90. The molecular formula is C13H17ClN4O2S. The van der Waals surface area contributed by atoms with E-state index in [1.165, 1.54) is 4.68 Å². The Labute approximate surface area is 129 Å². The Hall–Kier alpha value is -1.47. The van der Waals surface area contributed by atoms with Crippen molar-refractivity contribution in [3.05, 3.63) is 40.7 Å². The van der Waals surface area contributed by atoms with Gasteiger partial charge in [0, 0.05) is 11.6 Å². The summed E-state index contributed by atoms with van der Waals surface area (Å²) in [6.45, 7) is 4.20. The van der Waals surface area contributed by atoms with Crippen LogP contribution in [0.4, 0.5) is 0 Å². The number of hydrogen-bond acceptors (Lipinski definition) is 5. The van der Waals surface area contributed by atoms with Crippen molar-refractivity contribution in [3.63, 3.8) is 0 Å². The van der Waals surface area contributed by atoms with Crippen LogP contribution in [-0.2, 0) is 22.1 Å². The summed E-state index contributed by atoms with van der Waals surface area (Å²) in [5.74, 6) is 0.155. The standard InChI is InChI=1S/C13H17ClN4O2S/c1-3-8-18-13(15-16-17-18)9-21(19,20)10(2)11-6-4-5-7-12(11)14/h4-7,10H,3,8-9H2,1-2H3. The molecule has 1 aromatic carbocycles. The largest absolute Gasteiger partial charge is 0.229 e. The van der Waals surface area contributed by atoms with Crippen LogP contribution in [0, 0.1) is 0 Å². The molecule has 2 rings (SSSR count). The minimum absolute atomic E-state index is 0.202.